The van der Waals surface area contributed by atoms with E-state index in [2.05, 4.69) is 23.3 Å². The molecule has 170 valence electrons. The Kier molecular flexibility index (Phi) is 12.0. The van der Waals surface area contributed by atoms with Gasteiger partial charge in [-0.25, -0.2) is 4.79 Å². The smallest absolute Gasteiger partial charge is 0.326 e. The van der Waals surface area contributed by atoms with Crippen LogP contribution in [0.1, 0.15) is 19.3 Å². The van der Waals surface area contributed by atoms with Gasteiger partial charge in [-0.2, -0.15) is 12.6 Å². The Labute approximate surface area is 175 Å². The van der Waals surface area contributed by atoms with E-state index in [1.54, 1.807) is 0 Å². The fourth-order valence-corrected chi connectivity index (χ4v) is 2.25. The van der Waals surface area contributed by atoms with Crippen LogP contribution in [0.2, 0.25) is 0 Å². The number of carboxylic acids is 3. The summed E-state index contributed by atoms with van der Waals surface area (Å²) in [6.07, 6.45) is -1.50. The summed E-state index contributed by atoms with van der Waals surface area (Å²) in [5, 5.41) is 41.6. The number of nitrogens with one attached hydrogen (secondary N) is 3. The highest BCUT2D eigenvalue weighted by molar-refractivity contribution is 7.80. The van der Waals surface area contributed by atoms with Crippen LogP contribution < -0.4 is 21.7 Å². The molecule has 0 aromatic carbocycles. The fraction of sp³-hybridized carbons (Fsp3) is 0.600. The summed E-state index contributed by atoms with van der Waals surface area (Å²) < 4.78 is 0. The van der Waals surface area contributed by atoms with Gasteiger partial charge in [0.2, 0.25) is 17.7 Å². The van der Waals surface area contributed by atoms with Gasteiger partial charge in [0.05, 0.1) is 19.1 Å². The molecule has 0 heterocycles. The third kappa shape index (κ3) is 10.0. The number of carbonyl (C=O) groups is 6. The molecule has 30 heavy (non-hydrogen) atoms. The lowest BCUT2D eigenvalue weighted by molar-refractivity contribution is -0.147. The maximum atomic E-state index is 12.3. The van der Waals surface area contributed by atoms with Crippen LogP contribution in [-0.4, -0.2) is 92.6 Å². The normalized spacial score (nSPS) is 14.5. The largest absolute Gasteiger partial charge is 0.481 e. The molecular formula is C15H24N4O10S. The maximum Gasteiger partial charge on any atom is 0.326 e. The Morgan fingerprint density at radius 1 is 0.800 bits per heavy atom. The van der Waals surface area contributed by atoms with Crippen molar-refractivity contribution in [1.82, 2.24) is 16.0 Å². The van der Waals surface area contributed by atoms with Crippen molar-refractivity contribution >= 4 is 48.3 Å². The first kappa shape index (κ1) is 27.1. The molecule has 4 atom stereocenters. The summed E-state index contributed by atoms with van der Waals surface area (Å²) in [5.41, 5.74) is 5.53. The molecule has 4 unspecified atom stereocenters. The molecule has 3 amide bonds. The minimum Gasteiger partial charge on any atom is -0.481 e. The molecule has 0 fully saturated rings. The van der Waals surface area contributed by atoms with Gasteiger partial charge in [0.15, 0.2) is 0 Å². The summed E-state index contributed by atoms with van der Waals surface area (Å²) in [6.45, 7) is -0.956. The van der Waals surface area contributed by atoms with Gasteiger partial charge in [0.25, 0.3) is 0 Å². The molecule has 0 bridgehead atoms. The highest BCUT2D eigenvalue weighted by atomic mass is 32.1. The summed E-state index contributed by atoms with van der Waals surface area (Å²) in [6, 6.07) is -5.98. The van der Waals surface area contributed by atoms with Crippen LogP contribution in [0, 0.1) is 0 Å². The van der Waals surface area contributed by atoms with Gasteiger partial charge in [0, 0.05) is 12.2 Å². The quantitative estimate of drug-likeness (QED) is 0.115. The number of carbonyl (C=O) groups excluding carboxylic acids is 3. The number of aliphatic hydroxyl groups is 1. The number of aliphatic hydroxyl groups excluding tert-OH is 1. The van der Waals surface area contributed by atoms with Crippen molar-refractivity contribution in [3.8, 4) is 0 Å². The van der Waals surface area contributed by atoms with Gasteiger partial charge in [-0.3, -0.25) is 24.0 Å². The molecule has 0 aliphatic heterocycles. The molecular weight excluding hydrogens is 428 g/mol. The van der Waals surface area contributed by atoms with E-state index in [1.807, 2.05) is 5.32 Å². The molecule has 0 rings (SSSR count). The van der Waals surface area contributed by atoms with E-state index in [1.165, 1.54) is 0 Å². The number of hydrogen-bond acceptors (Lipinski definition) is 9. The molecule has 14 nitrogen and oxygen atoms in total. The van der Waals surface area contributed by atoms with Crippen molar-refractivity contribution in [3.05, 3.63) is 0 Å². The zero-order valence-electron chi connectivity index (χ0n) is 15.6. The van der Waals surface area contributed by atoms with Crippen LogP contribution in [0.3, 0.4) is 0 Å². The standard InChI is InChI=1S/C15H24N4O10S/c16-6(1-2-10(21)22)12(25)19-9(5-30)14(27)18-8(4-20)13(26)17-7(15(28)29)3-11(23)24/h6-9,20,30H,1-5,16H2,(H,17,26)(H,18,27)(H,19,25)(H,21,22)(H,23,24)(H,28,29). The summed E-state index contributed by atoms with van der Waals surface area (Å²) in [7, 11) is 0. The van der Waals surface area contributed by atoms with Crippen molar-refractivity contribution in [3.63, 3.8) is 0 Å². The minimum absolute atomic E-state index is 0.191. The number of thiol groups is 1. The van der Waals surface area contributed by atoms with Crippen molar-refractivity contribution in [2.24, 2.45) is 5.73 Å². The molecule has 0 saturated heterocycles. The average molecular weight is 452 g/mol. The Morgan fingerprint density at radius 3 is 1.73 bits per heavy atom. The molecule has 0 saturated carbocycles. The second-order valence-electron chi connectivity index (χ2n) is 6.02. The molecule has 0 aromatic rings. The van der Waals surface area contributed by atoms with Crippen molar-refractivity contribution in [2.45, 2.75) is 43.4 Å². The molecule has 0 aliphatic rings. The predicted molar refractivity (Wildman–Crippen MR) is 101 cm³/mol. The van der Waals surface area contributed by atoms with E-state index < -0.39 is 72.8 Å². The van der Waals surface area contributed by atoms with Crippen LogP contribution in [0.5, 0.6) is 0 Å². The van der Waals surface area contributed by atoms with Crippen LogP contribution in [0.25, 0.3) is 0 Å². The van der Waals surface area contributed by atoms with E-state index in [-0.39, 0.29) is 18.6 Å². The number of rotatable bonds is 14. The van der Waals surface area contributed by atoms with Gasteiger partial charge in [-0.1, -0.05) is 0 Å². The Bertz CT molecular complexity index is 674. The van der Waals surface area contributed by atoms with Crippen molar-refractivity contribution in [1.29, 1.82) is 0 Å². The first-order valence-electron chi connectivity index (χ1n) is 8.47. The first-order chi connectivity index (χ1) is 13.9. The van der Waals surface area contributed by atoms with E-state index in [9.17, 15) is 33.9 Å². The monoisotopic (exact) mass is 452 g/mol. The maximum absolute atomic E-state index is 12.3. The molecule has 0 radical (unpaired) electrons. The number of nitrogens with two attached hydrogens (primary N) is 1. The van der Waals surface area contributed by atoms with Crippen molar-refractivity contribution in [2.75, 3.05) is 12.4 Å². The number of aliphatic carboxylic acids is 3. The fourth-order valence-electron chi connectivity index (χ4n) is 2.00. The first-order valence-corrected chi connectivity index (χ1v) is 9.10. The Hall–Kier alpha value is -2.91. The van der Waals surface area contributed by atoms with Crippen LogP contribution in [0.4, 0.5) is 0 Å². The van der Waals surface area contributed by atoms with Crippen LogP contribution in [0.15, 0.2) is 0 Å². The van der Waals surface area contributed by atoms with Gasteiger partial charge in [-0.15, -0.1) is 0 Å². The van der Waals surface area contributed by atoms with Crippen LogP contribution >= 0.6 is 12.6 Å². The third-order valence-electron chi connectivity index (χ3n) is 3.63. The highest BCUT2D eigenvalue weighted by Gasteiger charge is 2.30. The second-order valence-corrected chi connectivity index (χ2v) is 6.39. The molecule has 0 aliphatic carbocycles. The Balaban J connectivity index is 4.97. The zero-order valence-corrected chi connectivity index (χ0v) is 16.5. The van der Waals surface area contributed by atoms with Gasteiger partial charge in [-0.05, 0) is 6.42 Å². The van der Waals surface area contributed by atoms with Crippen molar-refractivity contribution < 1.29 is 49.2 Å². The summed E-state index contributed by atoms with van der Waals surface area (Å²) in [4.78, 5) is 68.5. The SMILES string of the molecule is NC(CCC(=O)O)C(=O)NC(CS)C(=O)NC(CO)C(=O)NC(CC(=O)O)C(=O)O. The zero-order chi connectivity index (χ0) is 23.4. The van der Waals surface area contributed by atoms with Crippen LogP contribution in [-0.2, 0) is 28.8 Å². The van der Waals surface area contributed by atoms with Gasteiger partial charge < -0.3 is 42.1 Å². The highest BCUT2D eigenvalue weighted by Crippen LogP contribution is 1.99. The molecule has 15 heteroatoms. The Morgan fingerprint density at radius 2 is 1.30 bits per heavy atom. The van der Waals surface area contributed by atoms with Gasteiger partial charge >= 0.3 is 17.9 Å². The molecule has 0 aromatic heterocycles. The van der Waals surface area contributed by atoms with E-state index in [4.69, 9.17) is 21.1 Å². The third-order valence-corrected chi connectivity index (χ3v) is 4.00. The van der Waals surface area contributed by atoms with E-state index >= 15 is 0 Å². The van der Waals surface area contributed by atoms with Gasteiger partial charge in [0.1, 0.15) is 18.1 Å². The topological polar surface area (TPSA) is 245 Å². The summed E-state index contributed by atoms with van der Waals surface area (Å²) >= 11 is 3.89. The van der Waals surface area contributed by atoms with E-state index in [0.717, 1.165) is 0 Å². The summed E-state index contributed by atoms with van der Waals surface area (Å²) in [5.74, 6) is -7.53. The second kappa shape index (κ2) is 13.3. The number of amides is 3. The predicted octanol–water partition coefficient (Wildman–Crippen LogP) is -3.89. The average Bonchev–Trinajstić information content (AvgIpc) is 2.66. The lowest BCUT2D eigenvalue weighted by Gasteiger charge is -2.23. The number of hydrogen-bond donors (Lipinski definition) is 9. The molecule has 9 N–H and O–H groups in total. The number of carboxylic acid groups (broad SMARTS) is 3. The van der Waals surface area contributed by atoms with E-state index in [0.29, 0.717) is 0 Å². The lowest BCUT2D eigenvalue weighted by Crippen LogP contribution is -2.58. The minimum atomic E-state index is -1.80. The molecule has 0 spiro atoms. The lowest BCUT2D eigenvalue weighted by atomic mass is 10.1.